The van der Waals surface area contributed by atoms with Crippen LogP contribution in [-0.4, -0.2) is 19.6 Å². The van der Waals surface area contributed by atoms with E-state index in [-0.39, 0.29) is 5.91 Å². The van der Waals surface area contributed by atoms with Crippen LogP contribution in [0.4, 0.5) is 5.69 Å². The van der Waals surface area contributed by atoms with Gasteiger partial charge in [-0.25, -0.2) is 0 Å². The molecule has 3 nitrogen and oxygen atoms in total. The molecule has 0 spiro atoms. The minimum Gasteiger partial charge on any atom is -0.496 e. The summed E-state index contributed by atoms with van der Waals surface area (Å²) in [5.74, 6) is 0.587. The number of rotatable bonds is 2. The predicted octanol–water partition coefficient (Wildman–Crippen LogP) is 4.05. The van der Waals surface area contributed by atoms with E-state index in [9.17, 15) is 4.79 Å². The number of benzene rings is 2. The van der Waals surface area contributed by atoms with Crippen molar-refractivity contribution >= 4 is 27.5 Å². The molecular formula is C17H16BrNO2. The minimum absolute atomic E-state index is 0.00787. The lowest BCUT2D eigenvalue weighted by molar-refractivity contribution is 0.0982. The van der Waals surface area contributed by atoms with Gasteiger partial charge in [-0.2, -0.15) is 0 Å². The second-order valence-electron chi connectivity index (χ2n) is 5.03. The minimum atomic E-state index is -0.00787. The van der Waals surface area contributed by atoms with E-state index >= 15 is 0 Å². The quantitative estimate of drug-likeness (QED) is 0.821. The Hall–Kier alpha value is -1.81. The molecule has 4 heteroatoms. The number of halogens is 1. The molecule has 21 heavy (non-hydrogen) atoms. The number of aryl methyl sites for hydroxylation is 1. The fourth-order valence-electron chi connectivity index (χ4n) is 2.73. The van der Waals surface area contributed by atoms with Crippen molar-refractivity contribution in [2.24, 2.45) is 0 Å². The van der Waals surface area contributed by atoms with Crippen LogP contribution in [0.1, 0.15) is 22.3 Å². The normalized spacial score (nSPS) is 13.7. The van der Waals surface area contributed by atoms with E-state index in [4.69, 9.17) is 4.74 Å². The van der Waals surface area contributed by atoms with Gasteiger partial charge in [-0.05, 0) is 42.7 Å². The number of hydrogen-bond donors (Lipinski definition) is 0. The van der Waals surface area contributed by atoms with Gasteiger partial charge in [0.2, 0.25) is 0 Å². The number of carbonyl (C=O) groups is 1. The van der Waals surface area contributed by atoms with E-state index in [0.29, 0.717) is 11.3 Å². The SMILES string of the molecule is COc1cc(Br)ccc1C(=O)N1CCCc2ccccc21. The Morgan fingerprint density at radius 2 is 2.05 bits per heavy atom. The molecule has 0 saturated carbocycles. The highest BCUT2D eigenvalue weighted by atomic mass is 79.9. The number of carbonyl (C=O) groups excluding carboxylic acids is 1. The van der Waals surface area contributed by atoms with Gasteiger partial charge in [0.05, 0.1) is 12.7 Å². The van der Waals surface area contributed by atoms with Crippen LogP contribution in [0.5, 0.6) is 5.75 Å². The number of hydrogen-bond acceptors (Lipinski definition) is 2. The van der Waals surface area contributed by atoms with Gasteiger partial charge in [0.15, 0.2) is 0 Å². The summed E-state index contributed by atoms with van der Waals surface area (Å²) in [5, 5.41) is 0. The van der Waals surface area contributed by atoms with Gasteiger partial charge < -0.3 is 9.64 Å². The molecule has 1 aliphatic rings. The lowest BCUT2D eigenvalue weighted by Gasteiger charge is -2.30. The Morgan fingerprint density at radius 1 is 1.24 bits per heavy atom. The summed E-state index contributed by atoms with van der Waals surface area (Å²) >= 11 is 3.40. The van der Waals surface area contributed by atoms with Crippen LogP contribution in [0.15, 0.2) is 46.9 Å². The van der Waals surface area contributed by atoms with Gasteiger partial charge >= 0.3 is 0 Å². The van der Waals surface area contributed by atoms with Gasteiger partial charge in [0, 0.05) is 16.7 Å². The summed E-state index contributed by atoms with van der Waals surface area (Å²) < 4.78 is 6.25. The van der Waals surface area contributed by atoms with Crippen LogP contribution in [0.2, 0.25) is 0 Å². The van der Waals surface area contributed by atoms with Crippen molar-refractivity contribution in [1.82, 2.24) is 0 Å². The third-order valence-corrected chi connectivity index (χ3v) is 4.24. The number of anilines is 1. The largest absolute Gasteiger partial charge is 0.496 e. The zero-order valence-corrected chi connectivity index (χ0v) is 13.4. The monoisotopic (exact) mass is 345 g/mol. The van der Waals surface area contributed by atoms with E-state index in [1.54, 1.807) is 7.11 Å². The summed E-state index contributed by atoms with van der Waals surface area (Å²) in [6.45, 7) is 0.745. The molecule has 0 atom stereocenters. The molecule has 0 N–H and O–H groups in total. The van der Waals surface area contributed by atoms with E-state index < -0.39 is 0 Å². The van der Waals surface area contributed by atoms with Crippen molar-refractivity contribution in [3.63, 3.8) is 0 Å². The van der Waals surface area contributed by atoms with Gasteiger partial charge in [-0.3, -0.25) is 4.79 Å². The van der Waals surface area contributed by atoms with Crippen molar-refractivity contribution in [2.75, 3.05) is 18.6 Å². The van der Waals surface area contributed by atoms with Crippen molar-refractivity contribution in [2.45, 2.75) is 12.8 Å². The molecule has 0 saturated heterocycles. The molecule has 1 heterocycles. The van der Waals surface area contributed by atoms with E-state index in [2.05, 4.69) is 22.0 Å². The third kappa shape index (κ3) is 2.68. The maximum absolute atomic E-state index is 12.9. The summed E-state index contributed by atoms with van der Waals surface area (Å²) in [6, 6.07) is 13.6. The molecule has 108 valence electrons. The van der Waals surface area contributed by atoms with Crippen LogP contribution in [0, 0.1) is 0 Å². The Labute approximate surface area is 132 Å². The summed E-state index contributed by atoms with van der Waals surface area (Å²) in [6.07, 6.45) is 2.01. The molecule has 0 fully saturated rings. The van der Waals surface area contributed by atoms with Gasteiger partial charge in [-0.15, -0.1) is 0 Å². The second-order valence-corrected chi connectivity index (χ2v) is 5.95. The molecule has 1 aliphatic heterocycles. The molecular weight excluding hydrogens is 330 g/mol. The number of nitrogens with zero attached hydrogens (tertiary/aromatic N) is 1. The van der Waals surface area contributed by atoms with E-state index in [1.807, 2.05) is 41.3 Å². The molecule has 0 bridgehead atoms. The topological polar surface area (TPSA) is 29.5 Å². The van der Waals surface area contributed by atoms with Crippen molar-refractivity contribution in [3.8, 4) is 5.75 Å². The number of fused-ring (bicyclic) bond motifs is 1. The molecule has 2 aromatic rings. The first-order valence-electron chi connectivity index (χ1n) is 6.94. The average molecular weight is 346 g/mol. The average Bonchev–Trinajstić information content (AvgIpc) is 2.53. The fraction of sp³-hybridized carbons (Fsp3) is 0.235. The first-order chi connectivity index (χ1) is 10.2. The van der Waals surface area contributed by atoms with Crippen LogP contribution < -0.4 is 9.64 Å². The zero-order valence-electron chi connectivity index (χ0n) is 11.8. The maximum Gasteiger partial charge on any atom is 0.262 e. The highest BCUT2D eigenvalue weighted by Gasteiger charge is 2.25. The fourth-order valence-corrected chi connectivity index (χ4v) is 3.07. The van der Waals surface area contributed by atoms with Crippen LogP contribution >= 0.6 is 15.9 Å². The Kier molecular flexibility index (Phi) is 3.97. The van der Waals surface area contributed by atoms with Gasteiger partial charge in [-0.1, -0.05) is 34.1 Å². The van der Waals surface area contributed by atoms with Crippen LogP contribution in [0.25, 0.3) is 0 Å². The lowest BCUT2D eigenvalue weighted by Crippen LogP contribution is -2.35. The van der Waals surface area contributed by atoms with Crippen molar-refractivity contribution in [3.05, 3.63) is 58.1 Å². The van der Waals surface area contributed by atoms with E-state index in [1.165, 1.54) is 5.56 Å². The smallest absolute Gasteiger partial charge is 0.262 e. The molecule has 2 aromatic carbocycles. The standard InChI is InChI=1S/C17H16BrNO2/c1-21-16-11-13(18)8-9-14(16)17(20)19-10-4-6-12-5-2-3-7-15(12)19/h2-3,5,7-9,11H,4,6,10H2,1H3. The third-order valence-electron chi connectivity index (χ3n) is 3.75. The molecule has 0 radical (unpaired) electrons. The number of ether oxygens (including phenoxy) is 1. The van der Waals surface area contributed by atoms with Crippen LogP contribution in [0.3, 0.4) is 0 Å². The number of methoxy groups -OCH3 is 1. The number of para-hydroxylation sites is 1. The number of amides is 1. The second kappa shape index (κ2) is 5.90. The van der Waals surface area contributed by atoms with Crippen LogP contribution in [-0.2, 0) is 6.42 Å². The summed E-state index contributed by atoms with van der Waals surface area (Å²) in [5.41, 5.74) is 2.84. The molecule has 0 aromatic heterocycles. The highest BCUT2D eigenvalue weighted by Crippen LogP contribution is 2.31. The lowest BCUT2D eigenvalue weighted by atomic mass is 10.0. The van der Waals surface area contributed by atoms with E-state index in [0.717, 1.165) is 29.5 Å². The first-order valence-corrected chi connectivity index (χ1v) is 7.73. The first kappa shape index (κ1) is 14.1. The van der Waals surface area contributed by atoms with Crippen molar-refractivity contribution < 1.29 is 9.53 Å². The molecule has 1 amide bonds. The van der Waals surface area contributed by atoms with Gasteiger partial charge in [0.1, 0.15) is 5.75 Å². The Balaban J connectivity index is 2.00. The molecule has 0 aliphatic carbocycles. The molecule has 0 unspecified atom stereocenters. The maximum atomic E-state index is 12.9. The summed E-state index contributed by atoms with van der Waals surface area (Å²) in [4.78, 5) is 14.7. The van der Waals surface area contributed by atoms with Crippen molar-refractivity contribution in [1.29, 1.82) is 0 Å². The van der Waals surface area contributed by atoms with Gasteiger partial charge in [0.25, 0.3) is 5.91 Å². The Bertz CT molecular complexity index is 684. The zero-order chi connectivity index (χ0) is 14.8. The molecule has 3 rings (SSSR count). The predicted molar refractivity (Wildman–Crippen MR) is 87.1 cm³/mol. The summed E-state index contributed by atoms with van der Waals surface area (Å²) in [7, 11) is 1.59. The Morgan fingerprint density at radius 3 is 2.86 bits per heavy atom. The highest BCUT2D eigenvalue weighted by molar-refractivity contribution is 9.10.